The summed E-state index contributed by atoms with van der Waals surface area (Å²) in [7, 11) is -3.85. The monoisotopic (exact) mass is 1050 g/mol. The molecule has 0 spiro atoms. The van der Waals surface area contributed by atoms with Crippen molar-refractivity contribution in [3.63, 3.8) is 0 Å². The first kappa shape index (κ1) is 55.0. The largest absolute Gasteiger partial charge is 0.453 e. The Morgan fingerprint density at radius 3 is 1.22 bits per heavy atom. The highest BCUT2D eigenvalue weighted by Crippen LogP contribution is 2.49. The van der Waals surface area contributed by atoms with Gasteiger partial charge >= 0.3 is 16.2 Å². The van der Waals surface area contributed by atoms with E-state index in [2.05, 4.69) is 0 Å². The number of hydrogen-bond acceptors (Lipinski definition) is 12. The van der Waals surface area contributed by atoms with E-state index >= 15 is 0 Å². The Hall–Kier alpha value is -5.78. The van der Waals surface area contributed by atoms with Gasteiger partial charge in [-0.25, -0.2) is 0 Å². The van der Waals surface area contributed by atoms with Crippen molar-refractivity contribution in [2.24, 2.45) is 0 Å². The van der Waals surface area contributed by atoms with Gasteiger partial charge < -0.3 is 53.7 Å². The van der Waals surface area contributed by atoms with Gasteiger partial charge in [0.15, 0.2) is 31.5 Å². The normalized spacial score (nSPS) is 11.7. The van der Waals surface area contributed by atoms with Gasteiger partial charge in [-0.3, -0.25) is 0 Å². The van der Waals surface area contributed by atoms with Crippen molar-refractivity contribution >= 4 is 24.7 Å². The quantitative estimate of drug-likeness (QED) is 0.0252. The number of para-hydroxylation sites is 6. The molecule has 0 saturated carbocycles. The molecule has 0 aliphatic carbocycles. The van der Waals surface area contributed by atoms with E-state index in [0.717, 1.165) is 59.9 Å². The van der Waals surface area contributed by atoms with E-state index in [4.69, 9.17) is 32.7 Å². The van der Waals surface area contributed by atoms with Gasteiger partial charge in [0.1, 0.15) is 17.2 Å². The molecule has 2 atom stereocenters. The zero-order chi connectivity index (χ0) is 50.9. The molecular formula is C56H68N3O11P3. The molecule has 14 nitrogen and oxygen atoms in total. The zero-order valence-electron chi connectivity index (χ0n) is 41.3. The number of nitrogens with zero attached hydrogens (tertiary/aromatic N) is 3. The Morgan fingerprint density at radius 2 is 0.740 bits per heavy atom. The SMILES string of the molecule is OCCCCc1ccccc1Oc1cccc(Op2npn(Oc3ccccc3CCCCO)p(Oc3ccccc3CCCCO)n2Oc2ccccc2CCCCO)c1Oc1ccccc1CCCCO. The van der Waals surface area contributed by atoms with E-state index in [1.165, 1.54) is 0 Å². The lowest BCUT2D eigenvalue weighted by atomic mass is 10.1. The van der Waals surface area contributed by atoms with E-state index in [1.54, 1.807) is 8.51 Å². The number of rotatable bonds is 32. The fourth-order valence-electron chi connectivity index (χ4n) is 8.00. The number of benzene rings is 6. The highest BCUT2D eigenvalue weighted by Gasteiger charge is 2.26. The topological polar surface area (TPSA) is 179 Å². The molecule has 0 amide bonds. The molecule has 5 N–H and O–H groups in total. The third-order valence-electron chi connectivity index (χ3n) is 11.9. The average molecular weight is 1050 g/mol. The molecular weight excluding hydrogens is 984 g/mol. The van der Waals surface area contributed by atoms with Gasteiger partial charge in [0.25, 0.3) is 0 Å². The summed E-state index contributed by atoms with van der Waals surface area (Å²) in [5, 5.41) is 48.3. The Morgan fingerprint density at radius 1 is 0.370 bits per heavy atom. The smallest absolute Gasteiger partial charge is 0.319 e. The summed E-state index contributed by atoms with van der Waals surface area (Å²) >= 11 is 0. The van der Waals surface area contributed by atoms with Crippen LogP contribution in [0.3, 0.4) is 0 Å². The minimum atomic E-state index is -2.12. The Labute approximate surface area is 432 Å². The maximum atomic E-state index is 9.72. The summed E-state index contributed by atoms with van der Waals surface area (Å²) in [6, 6.07) is 44.7. The highest BCUT2D eigenvalue weighted by molar-refractivity contribution is 7.56. The summed E-state index contributed by atoms with van der Waals surface area (Å²) in [4.78, 5) is 14.0. The Balaban J connectivity index is 1.42. The second kappa shape index (κ2) is 30.4. The van der Waals surface area contributed by atoms with Crippen LogP contribution < -0.4 is 28.2 Å². The van der Waals surface area contributed by atoms with Crippen LogP contribution in [0.4, 0.5) is 0 Å². The number of aliphatic hydroxyl groups excluding tert-OH is 5. The predicted octanol–water partition coefficient (Wildman–Crippen LogP) is 12.9. The van der Waals surface area contributed by atoms with Crippen LogP contribution in [0.2, 0.25) is 0 Å². The van der Waals surface area contributed by atoms with Gasteiger partial charge in [0.05, 0.1) is 0 Å². The lowest BCUT2D eigenvalue weighted by Crippen LogP contribution is -2.15. The first-order chi connectivity index (χ1) is 36.0. The summed E-state index contributed by atoms with van der Waals surface area (Å²) in [5.41, 5.74) is 4.77. The zero-order valence-corrected chi connectivity index (χ0v) is 44.0. The molecule has 73 heavy (non-hydrogen) atoms. The van der Waals surface area contributed by atoms with E-state index < -0.39 is 16.2 Å². The maximum Gasteiger partial charge on any atom is 0.319 e. The van der Waals surface area contributed by atoms with E-state index in [9.17, 15) is 25.5 Å². The van der Waals surface area contributed by atoms with Crippen LogP contribution in [0.25, 0.3) is 0 Å². The van der Waals surface area contributed by atoms with E-state index in [1.807, 2.05) is 140 Å². The molecule has 0 fully saturated rings. The number of hydrogen-bond donors (Lipinski definition) is 5. The molecule has 7 rings (SSSR count). The predicted molar refractivity (Wildman–Crippen MR) is 289 cm³/mol. The summed E-state index contributed by atoms with van der Waals surface area (Å²) in [6.07, 6.45) is 10.4. The second-order valence-electron chi connectivity index (χ2n) is 17.3. The Kier molecular flexibility index (Phi) is 22.9. The number of aryl methyl sites for hydroxylation is 5. The van der Waals surface area contributed by atoms with Crippen molar-refractivity contribution in [3.8, 4) is 46.0 Å². The van der Waals surface area contributed by atoms with Crippen molar-refractivity contribution < 1.29 is 53.7 Å². The molecule has 0 radical (unpaired) electrons. The molecule has 1 heterocycles. The number of aromatic nitrogens is 3. The maximum absolute atomic E-state index is 9.72. The van der Waals surface area contributed by atoms with Gasteiger partial charge in [-0.1, -0.05) is 101 Å². The summed E-state index contributed by atoms with van der Waals surface area (Å²) < 4.78 is 36.7. The first-order valence-electron chi connectivity index (χ1n) is 25.3. The lowest BCUT2D eigenvalue weighted by Gasteiger charge is -2.23. The molecule has 1 aromatic heterocycles. The molecule has 2 unspecified atom stereocenters. The molecule has 0 bridgehead atoms. The molecule has 0 aliphatic rings. The van der Waals surface area contributed by atoms with E-state index in [0.29, 0.717) is 119 Å². The minimum Gasteiger partial charge on any atom is -0.453 e. The van der Waals surface area contributed by atoms with Gasteiger partial charge in [-0.2, -0.15) is 0 Å². The van der Waals surface area contributed by atoms with Crippen LogP contribution in [0.1, 0.15) is 92.0 Å². The fourth-order valence-corrected chi connectivity index (χ4v) is 13.0. The minimum absolute atomic E-state index is 0.0759. The molecule has 388 valence electrons. The molecule has 17 heteroatoms. The first-order valence-corrected chi connectivity index (χ1v) is 28.4. The van der Waals surface area contributed by atoms with Crippen LogP contribution in [-0.4, -0.2) is 71.6 Å². The lowest BCUT2D eigenvalue weighted by molar-refractivity contribution is 0.229. The third kappa shape index (κ3) is 16.4. The molecule has 0 saturated heterocycles. The molecule has 6 aromatic carbocycles. The standard InChI is InChI=1S/C56H68N3O11P3/c60-39-16-11-27-44-22-1-6-32-49(44)65-54-37-21-38-55(56(54)66-50-33-7-2-23-45(50)28-12-17-40-61)69-72-57-71-58(67-51-34-8-3-24-46(51)29-13-18-41-62)73(70-53-36-10-5-26-48(53)31-15-20-43-64)59(72)68-52-35-9-4-25-47(52)30-14-19-42-63/h1-10,21-26,32-38,60-64H,11-20,27-31,39-43H2. The highest BCUT2D eigenvalue weighted by atomic mass is 31.2. The fraction of sp³-hybridized carbons (Fsp3) is 0.357. The van der Waals surface area contributed by atoms with E-state index in [-0.39, 0.29) is 33.0 Å². The van der Waals surface area contributed by atoms with Gasteiger partial charge in [-0.05, 0) is 171 Å². The second-order valence-corrected chi connectivity index (χ2v) is 21.6. The third-order valence-corrected chi connectivity index (χ3v) is 16.5. The van der Waals surface area contributed by atoms with Gasteiger partial charge in [0, 0.05) is 33.0 Å². The van der Waals surface area contributed by atoms with Crippen LogP contribution in [0, 0.1) is 0 Å². The van der Waals surface area contributed by atoms with Crippen LogP contribution in [0.5, 0.6) is 46.0 Å². The number of aliphatic hydroxyl groups is 5. The van der Waals surface area contributed by atoms with Crippen LogP contribution >= 0.6 is 24.7 Å². The molecule has 0 aliphatic heterocycles. The summed E-state index contributed by atoms with van der Waals surface area (Å²) in [6.45, 7) is 0.453. The van der Waals surface area contributed by atoms with Crippen molar-refractivity contribution in [2.75, 3.05) is 33.0 Å². The van der Waals surface area contributed by atoms with Crippen LogP contribution in [0.15, 0.2) is 140 Å². The van der Waals surface area contributed by atoms with Gasteiger partial charge in [0.2, 0.25) is 5.75 Å². The van der Waals surface area contributed by atoms with Crippen molar-refractivity contribution in [1.82, 2.24) is 13.0 Å². The van der Waals surface area contributed by atoms with Gasteiger partial charge in [-0.15, -0.1) is 4.51 Å². The molecule has 7 aromatic rings. The average Bonchev–Trinajstić information content (AvgIpc) is 3.41. The Bertz CT molecular complexity index is 2790. The summed E-state index contributed by atoms with van der Waals surface area (Å²) in [5.74, 6) is 4.09. The van der Waals surface area contributed by atoms with Crippen molar-refractivity contribution in [3.05, 3.63) is 167 Å². The number of unbranched alkanes of at least 4 members (excludes halogenated alkanes) is 5. The number of ether oxygens (including phenoxy) is 2. The van der Waals surface area contributed by atoms with Crippen molar-refractivity contribution in [1.29, 1.82) is 0 Å². The van der Waals surface area contributed by atoms with Crippen molar-refractivity contribution in [2.45, 2.75) is 96.3 Å². The van der Waals surface area contributed by atoms with Crippen LogP contribution in [-0.2, 0) is 32.1 Å².